The number of nitrogens with one attached hydrogen (secondary N) is 1. The smallest absolute Gasteiger partial charge is 0.329 e. The molecule has 1 rings (SSSR count). The van der Waals surface area contributed by atoms with Crippen molar-refractivity contribution in [3.05, 3.63) is 12.3 Å². The molecule has 2 N–H and O–H groups in total. The molecule has 7 nitrogen and oxygen atoms in total. The van der Waals surface area contributed by atoms with Gasteiger partial charge in [0.15, 0.2) is 0 Å². The Morgan fingerprint density at radius 2 is 1.91 bits per heavy atom. The molecule has 0 aromatic heterocycles. The van der Waals surface area contributed by atoms with Gasteiger partial charge in [-0.3, -0.25) is 9.59 Å². The average molecular weight is 326 g/mol. The number of hydrogen-bond donors (Lipinski definition) is 2. The van der Waals surface area contributed by atoms with E-state index in [-0.39, 0.29) is 18.3 Å². The minimum absolute atomic E-state index is 0.0871. The van der Waals surface area contributed by atoms with Crippen LogP contribution in [0.25, 0.3) is 0 Å². The van der Waals surface area contributed by atoms with Gasteiger partial charge in [0.2, 0.25) is 5.91 Å². The van der Waals surface area contributed by atoms with Crippen molar-refractivity contribution in [1.29, 1.82) is 0 Å². The molecule has 7 heteroatoms. The predicted molar refractivity (Wildman–Crippen MR) is 84.2 cm³/mol. The summed E-state index contributed by atoms with van der Waals surface area (Å²) in [6.07, 6.45) is 1.40. The highest BCUT2D eigenvalue weighted by Crippen LogP contribution is 2.29. The van der Waals surface area contributed by atoms with Crippen LogP contribution in [0.5, 0.6) is 0 Å². The second kappa shape index (κ2) is 7.59. The Balaban J connectivity index is 2.97. The number of ether oxygens (including phenoxy) is 1. The number of aliphatic hydroxyl groups is 1. The first kappa shape index (κ1) is 19.2. The number of nitrogens with zero attached hydrogens (tertiary/aromatic N) is 1. The molecule has 0 aromatic carbocycles. The van der Waals surface area contributed by atoms with Crippen molar-refractivity contribution in [3.63, 3.8) is 0 Å². The normalized spacial score (nSPS) is 21.0. The van der Waals surface area contributed by atoms with E-state index in [2.05, 4.69) is 11.9 Å². The molecule has 130 valence electrons. The summed E-state index contributed by atoms with van der Waals surface area (Å²) in [6, 6.07) is -1.01. The first-order valence-electron chi connectivity index (χ1n) is 7.69. The van der Waals surface area contributed by atoms with Gasteiger partial charge in [-0.25, -0.2) is 4.79 Å². The number of hydrogen-bond acceptors (Lipinski definition) is 5. The molecule has 1 heterocycles. The van der Waals surface area contributed by atoms with Crippen molar-refractivity contribution in [2.45, 2.75) is 64.6 Å². The van der Waals surface area contributed by atoms with E-state index in [1.54, 1.807) is 20.8 Å². The number of likely N-dealkylation sites (tertiary alicyclic amines) is 1. The molecule has 0 bridgehead atoms. The fourth-order valence-electron chi connectivity index (χ4n) is 2.65. The second-order valence-electron chi connectivity index (χ2n) is 6.66. The Hall–Kier alpha value is -1.89. The highest BCUT2D eigenvalue weighted by molar-refractivity contribution is 5.99. The van der Waals surface area contributed by atoms with Gasteiger partial charge in [0.1, 0.15) is 11.6 Å². The Morgan fingerprint density at radius 3 is 2.39 bits per heavy atom. The van der Waals surface area contributed by atoms with Crippen LogP contribution in [-0.4, -0.2) is 52.1 Å². The van der Waals surface area contributed by atoms with Crippen LogP contribution in [-0.2, 0) is 19.1 Å². The maximum atomic E-state index is 12.6. The van der Waals surface area contributed by atoms with Gasteiger partial charge in [-0.2, -0.15) is 0 Å². The number of carbonyl (C=O) groups is 3. The highest BCUT2D eigenvalue weighted by Gasteiger charge is 2.43. The molecule has 1 saturated heterocycles. The van der Waals surface area contributed by atoms with E-state index in [0.717, 1.165) is 0 Å². The van der Waals surface area contributed by atoms with Gasteiger partial charge < -0.3 is 20.1 Å². The Bertz CT molecular complexity index is 495. The van der Waals surface area contributed by atoms with Gasteiger partial charge in [-0.05, 0) is 40.0 Å². The molecule has 0 aliphatic carbocycles. The Labute approximate surface area is 136 Å². The molecule has 0 saturated carbocycles. The van der Waals surface area contributed by atoms with Crippen LogP contribution in [0.15, 0.2) is 12.3 Å². The second-order valence-corrected chi connectivity index (χ2v) is 6.66. The van der Waals surface area contributed by atoms with Crippen LogP contribution >= 0.6 is 0 Å². The third-order valence-corrected chi connectivity index (χ3v) is 3.46. The molecule has 1 aliphatic rings. The lowest BCUT2D eigenvalue weighted by molar-refractivity contribution is -0.163. The molecule has 0 radical (unpaired) electrons. The van der Waals surface area contributed by atoms with Gasteiger partial charge in [0, 0.05) is 19.6 Å². The first-order chi connectivity index (χ1) is 10.6. The summed E-state index contributed by atoms with van der Waals surface area (Å²) in [4.78, 5) is 37.4. The SMILES string of the molecule is C=C(NC(C)=O)C(=O)N1[C@@H](CCO)CC[C@H]1C(=O)OC(C)(C)C. The van der Waals surface area contributed by atoms with E-state index in [1.807, 2.05) is 0 Å². The number of esters is 1. The number of aliphatic hydroxyl groups excluding tert-OH is 1. The van der Waals surface area contributed by atoms with Crippen molar-refractivity contribution in [1.82, 2.24) is 10.2 Å². The van der Waals surface area contributed by atoms with Crippen LogP contribution in [0.3, 0.4) is 0 Å². The largest absolute Gasteiger partial charge is 0.458 e. The third kappa shape index (κ3) is 5.35. The van der Waals surface area contributed by atoms with E-state index < -0.39 is 29.4 Å². The lowest BCUT2D eigenvalue weighted by atomic mass is 10.1. The monoisotopic (exact) mass is 326 g/mol. The van der Waals surface area contributed by atoms with Crippen LogP contribution in [0.4, 0.5) is 0 Å². The Morgan fingerprint density at radius 1 is 1.30 bits per heavy atom. The molecule has 2 amide bonds. The highest BCUT2D eigenvalue weighted by atomic mass is 16.6. The Kier molecular flexibility index (Phi) is 6.32. The van der Waals surface area contributed by atoms with Crippen molar-refractivity contribution in [2.75, 3.05) is 6.61 Å². The summed E-state index contributed by atoms with van der Waals surface area (Å²) in [6.45, 7) is 10.0. The molecular formula is C16H26N2O5. The summed E-state index contributed by atoms with van der Waals surface area (Å²) in [5, 5.41) is 11.5. The van der Waals surface area contributed by atoms with Crippen LogP contribution in [0.1, 0.15) is 47.0 Å². The summed E-state index contributed by atoms with van der Waals surface area (Å²) in [5.41, 5.74) is -0.744. The van der Waals surface area contributed by atoms with Gasteiger partial charge >= 0.3 is 5.97 Å². The van der Waals surface area contributed by atoms with Crippen LogP contribution in [0.2, 0.25) is 0 Å². The quantitative estimate of drug-likeness (QED) is 0.573. The zero-order valence-electron chi connectivity index (χ0n) is 14.2. The lowest BCUT2D eigenvalue weighted by Gasteiger charge is -2.31. The van der Waals surface area contributed by atoms with Gasteiger partial charge in [-0.1, -0.05) is 6.58 Å². The van der Waals surface area contributed by atoms with Crippen molar-refractivity contribution < 1.29 is 24.2 Å². The molecule has 1 aliphatic heterocycles. The summed E-state index contributed by atoms with van der Waals surface area (Å²) in [7, 11) is 0. The van der Waals surface area contributed by atoms with Crippen molar-refractivity contribution >= 4 is 17.8 Å². The average Bonchev–Trinajstić information content (AvgIpc) is 2.79. The molecule has 0 aromatic rings. The third-order valence-electron chi connectivity index (χ3n) is 3.46. The summed E-state index contributed by atoms with van der Waals surface area (Å²) < 4.78 is 5.38. The van der Waals surface area contributed by atoms with Crippen LogP contribution < -0.4 is 5.32 Å². The molecule has 1 fully saturated rings. The van der Waals surface area contributed by atoms with E-state index in [4.69, 9.17) is 4.74 Å². The molecular weight excluding hydrogens is 300 g/mol. The molecule has 0 unspecified atom stereocenters. The van der Waals surface area contributed by atoms with Crippen LogP contribution in [0, 0.1) is 0 Å². The van der Waals surface area contributed by atoms with Gasteiger partial charge in [0.25, 0.3) is 5.91 Å². The minimum atomic E-state index is -0.733. The fourth-order valence-corrected chi connectivity index (χ4v) is 2.65. The predicted octanol–water partition coefficient (Wildman–Crippen LogP) is 0.720. The maximum Gasteiger partial charge on any atom is 0.329 e. The van der Waals surface area contributed by atoms with E-state index in [0.29, 0.717) is 19.3 Å². The lowest BCUT2D eigenvalue weighted by Crippen LogP contribution is -2.49. The number of amides is 2. The van der Waals surface area contributed by atoms with E-state index in [9.17, 15) is 19.5 Å². The molecule has 2 atom stereocenters. The zero-order valence-corrected chi connectivity index (χ0v) is 14.2. The topological polar surface area (TPSA) is 95.9 Å². The standard InChI is InChI=1S/C16H26N2O5/c1-10(17-11(2)20)14(21)18-12(8-9-19)6-7-13(18)15(22)23-16(3,4)5/h12-13,19H,1,6-9H2,2-5H3,(H,17,20)/t12-,13+/m1/s1. The van der Waals surface area contributed by atoms with E-state index >= 15 is 0 Å². The van der Waals surface area contributed by atoms with Gasteiger partial charge in [0.05, 0.1) is 5.70 Å². The minimum Gasteiger partial charge on any atom is -0.458 e. The number of rotatable bonds is 5. The maximum absolute atomic E-state index is 12.6. The first-order valence-corrected chi connectivity index (χ1v) is 7.69. The van der Waals surface area contributed by atoms with Crippen molar-refractivity contribution in [2.24, 2.45) is 0 Å². The summed E-state index contributed by atoms with van der Waals surface area (Å²) >= 11 is 0. The molecule has 23 heavy (non-hydrogen) atoms. The fraction of sp³-hybridized carbons (Fsp3) is 0.688. The van der Waals surface area contributed by atoms with Crippen molar-refractivity contribution in [3.8, 4) is 0 Å². The summed E-state index contributed by atoms with van der Waals surface area (Å²) in [5.74, 6) is -1.41. The van der Waals surface area contributed by atoms with E-state index in [1.165, 1.54) is 11.8 Å². The van der Waals surface area contributed by atoms with Gasteiger partial charge in [-0.15, -0.1) is 0 Å². The number of carbonyl (C=O) groups excluding carboxylic acids is 3. The molecule has 0 spiro atoms. The zero-order chi connectivity index (χ0) is 17.8.